The summed E-state index contributed by atoms with van der Waals surface area (Å²) in [7, 11) is 0. The van der Waals surface area contributed by atoms with Crippen LogP contribution in [0.4, 0.5) is 10.7 Å². The van der Waals surface area contributed by atoms with Crippen molar-refractivity contribution in [3.63, 3.8) is 0 Å². The molecule has 1 aromatic heterocycles. The van der Waals surface area contributed by atoms with E-state index in [-0.39, 0.29) is 5.78 Å². The lowest BCUT2D eigenvalue weighted by atomic mass is 10.1. The van der Waals surface area contributed by atoms with E-state index in [1.54, 1.807) is 18.7 Å². The molecule has 0 saturated carbocycles. The summed E-state index contributed by atoms with van der Waals surface area (Å²) < 4.78 is 0. The number of piperidine rings is 1. The van der Waals surface area contributed by atoms with Crippen LogP contribution in [-0.2, 0) is 0 Å². The number of anilines is 2. The second kappa shape index (κ2) is 7.33. The molecule has 1 saturated heterocycles. The number of ketones is 1. The summed E-state index contributed by atoms with van der Waals surface area (Å²) in [5, 5.41) is 4.49. The molecule has 2 rings (SSSR count). The number of carbonyl (C=O) groups is 1. The Balaban J connectivity index is 1.94. The maximum Gasteiger partial charge on any atom is 0.171 e. The molecular weight excluding hydrogens is 290 g/mol. The Morgan fingerprint density at radius 3 is 2.70 bits per heavy atom. The topological polar surface area (TPSA) is 58.4 Å². The molecule has 1 aliphatic heterocycles. The van der Waals surface area contributed by atoms with Crippen LogP contribution in [0.3, 0.4) is 0 Å². The molecule has 0 spiro atoms. The van der Waals surface area contributed by atoms with Crippen LogP contribution in [0, 0.1) is 0 Å². The fraction of sp³-hybridized carbons (Fsp3) is 0.643. The van der Waals surface area contributed by atoms with E-state index in [0.717, 1.165) is 23.0 Å². The molecule has 0 unspecified atom stereocenters. The number of hydrogen-bond acceptors (Lipinski definition) is 6. The normalized spacial score (nSPS) is 16.3. The van der Waals surface area contributed by atoms with Crippen LogP contribution in [0.1, 0.15) is 35.9 Å². The van der Waals surface area contributed by atoms with Gasteiger partial charge >= 0.3 is 0 Å². The summed E-state index contributed by atoms with van der Waals surface area (Å²) >= 11 is 3.08. The van der Waals surface area contributed by atoms with Gasteiger partial charge in [0.15, 0.2) is 5.78 Å². The quantitative estimate of drug-likeness (QED) is 0.624. The van der Waals surface area contributed by atoms with Gasteiger partial charge in [0, 0.05) is 20.0 Å². The van der Waals surface area contributed by atoms with Crippen molar-refractivity contribution in [2.24, 2.45) is 0 Å². The van der Waals surface area contributed by atoms with Crippen molar-refractivity contribution in [3.8, 4) is 0 Å². The number of carbonyl (C=O) groups excluding carboxylic acids is 1. The number of likely N-dealkylation sites (tertiary alicyclic amines) is 1. The van der Waals surface area contributed by atoms with Gasteiger partial charge in [-0.25, -0.2) is 0 Å². The number of nitrogen functional groups attached to an aromatic ring is 1. The van der Waals surface area contributed by atoms with Crippen LogP contribution >= 0.6 is 23.1 Å². The maximum atomic E-state index is 11.6. The summed E-state index contributed by atoms with van der Waals surface area (Å²) in [5.41, 5.74) is 6.68. The number of Topliss-reactive ketones (excluding diaryl/α,β-unsaturated/α-hetero) is 1. The SMILES string of the molecule is CSc1c(NCCN2CCCCC2)sc(C(C)=O)c1N. The zero-order valence-electron chi connectivity index (χ0n) is 12.2. The van der Waals surface area contributed by atoms with Crippen molar-refractivity contribution in [3.05, 3.63) is 4.88 Å². The second-order valence-electron chi connectivity index (χ2n) is 5.09. The molecule has 0 bridgehead atoms. The Labute approximate surface area is 129 Å². The summed E-state index contributed by atoms with van der Waals surface area (Å²) in [6.07, 6.45) is 6.00. The zero-order chi connectivity index (χ0) is 14.5. The molecule has 1 aliphatic rings. The van der Waals surface area contributed by atoms with E-state index in [0.29, 0.717) is 10.6 Å². The standard InChI is InChI=1S/C14H23N3OS2/c1-10(18)12-11(15)13(19-2)14(20-12)16-6-9-17-7-4-3-5-8-17/h16H,3-9,15H2,1-2H3. The van der Waals surface area contributed by atoms with Gasteiger partial charge in [0.25, 0.3) is 0 Å². The van der Waals surface area contributed by atoms with Crippen LogP contribution in [0.2, 0.25) is 0 Å². The van der Waals surface area contributed by atoms with Crippen molar-refractivity contribution in [2.75, 3.05) is 43.5 Å². The van der Waals surface area contributed by atoms with Crippen molar-refractivity contribution in [1.82, 2.24) is 4.90 Å². The van der Waals surface area contributed by atoms with Crippen LogP contribution in [-0.4, -0.2) is 43.1 Å². The third-order valence-electron chi connectivity index (χ3n) is 3.59. The van der Waals surface area contributed by atoms with Crippen molar-refractivity contribution < 1.29 is 4.79 Å². The minimum absolute atomic E-state index is 0.0480. The predicted octanol–water partition coefficient (Wildman–Crippen LogP) is 3.15. The highest BCUT2D eigenvalue weighted by Gasteiger charge is 2.18. The molecule has 3 N–H and O–H groups in total. The minimum Gasteiger partial charge on any atom is -0.396 e. The molecule has 4 nitrogen and oxygen atoms in total. The number of nitrogens with zero attached hydrogens (tertiary/aromatic N) is 1. The van der Waals surface area contributed by atoms with E-state index in [2.05, 4.69) is 10.2 Å². The Kier molecular flexibility index (Phi) is 5.74. The molecule has 1 aromatic rings. The number of hydrogen-bond donors (Lipinski definition) is 2. The maximum absolute atomic E-state index is 11.6. The van der Waals surface area contributed by atoms with Gasteiger partial charge in [-0.05, 0) is 32.2 Å². The van der Waals surface area contributed by atoms with Gasteiger partial charge in [0.05, 0.1) is 15.5 Å². The lowest BCUT2D eigenvalue weighted by molar-refractivity contribution is 0.102. The first-order chi connectivity index (χ1) is 9.63. The van der Waals surface area contributed by atoms with E-state index in [9.17, 15) is 4.79 Å². The highest BCUT2D eigenvalue weighted by molar-refractivity contribution is 7.99. The second-order valence-corrected chi connectivity index (χ2v) is 6.93. The zero-order valence-corrected chi connectivity index (χ0v) is 13.8. The molecule has 0 radical (unpaired) electrons. The van der Waals surface area contributed by atoms with E-state index in [1.165, 1.54) is 43.7 Å². The average molecular weight is 313 g/mol. The molecule has 1 fully saturated rings. The minimum atomic E-state index is 0.0480. The number of nitrogens with two attached hydrogens (primary N) is 1. The van der Waals surface area contributed by atoms with Crippen molar-refractivity contribution >= 4 is 39.6 Å². The van der Waals surface area contributed by atoms with E-state index in [4.69, 9.17) is 5.73 Å². The van der Waals surface area contributed by atoms with Crippen molar-refractivity contribution in [2.45, 2.75) is 31.1 Å². The highest BCUT2D eigenvalue weighted by atomic mass is 32.2. The van der Waals surface area contributed by atoms with Gasteiger partial charge in [-0.15, -0.1) is 23.1 Å². The summed E-state index contributed by atoms with van der Waals surface area (Å²) in [6.45, 7) is 5.96. The van der Waals surface area contributed by atoms with Gasteiger partial charge in [0.1, 0.15) is 5.00 Å². The molecule has 0 atom stereocenters. The monoisotopic (exact) mass is 313 g/mol. The van der Waals surface area contributed by atoms with E-state index < -0.39 is 0 Å². The largest absolute Gasteiger partial charge is 0.396 e. The van der Waals surface area contributed by atoms with Crippen LogP contribution < -0.4 is 11.1 Å². The molecule has 20 heavy (non-hydrogen) atoms. The van der Waals surface area contributed by atoms with E-state index in [1.807, 2.05) is 6.26 Å². The van der Waals surface area contributed by atoms with Crippen LogP contribution in [0.5, 0.6) is 0 Å². The van der Waals surface area contributed by atoms with Gasteiger partial charge in [-0.2, -0.15) is 0 Å². The Hall–Kier alpha value is -0.720. The number of thiophene rings is 1. The number of nitrogens with one attached hydrogen (secondary N) is 1. The number of rotatable bonds is 6. The highest BCUT2D eigenvalue weighted by Crippen LogP contribution is 2.41. The first kappa shape index (κ1) is 15.7. The molecule has 0 aliphatic carbocycles. The fourth-order valence-electron chi connectivity index (χ4n) is 2.52. The first-order valence-electron chi connectivity index (χ1n) is 7.07. The van der Waals surface area contributed by atoms with Gasteiger partial charge in [-0.1, -0.05) is 6.42 Å². The molecular formula is C14H23N3OS2. The summed E-state index contributed by atoms with van der Waals surface area (Å²) in [4.78, 5) is 15.7. The third-order valence-corrected chi connectivity index (χ3v) is 5.81. The van der Waals surface area contributed by atoms with Crippen molar-refractivity contribution in [1.29, 1.82) is 0 Å². The Bertz CT molecular complexity index is 467. The molecule has 6 heteroatoms. The number of thioether (sulfide) groups is 1. The lowest BCUT2D eigenvalue weighted by Crippen LogP contribution is -2.33. The summed E-state index contributed by atoms with van der Waals surface area (Å²) in [6, 6.07) is 0. The first-order valence-corrected chi connectivity index (χ1v) is 9.11. The van der Waals surface area contributed by atoms with Gasteiger partial charge in [0.2, 0.25) is 0 Å². The van der Waals surface area contributed by atoms with Gasteiger partial charge in [-0.3, -0.25) is 4.79 Å². The fourth-order valence-corrected chi connectivity index (χ4v) is 4.48. The van der Waals surface area contributed by atoms with Crippen LogP contribution in [0.25, 0.3) is 0 Å². The smallest absolute Gasteiger partial charge is 0.171 e. The third kappa shape index (κ3) is 3.68. The lowest BCUT2D eigenvalue weighted by Gasteiger charge is -2.26. The molecule has 112 valence electrons. The molecule has 0 amide bonds. The summed E-state index contributed by atoms with van der Waals surface area (Å²) in [5.74, 6) is 0.0480. The predicted molar refractivity (Wildman–Crippen MR) is 89.3 cm³/mol. The average Bonchev–Trinajstić information content (AvgIpc) is 2.76. The van der Waals surface area contributed by atoms with Crippen LogP contribution in [0.15, 0.2) is 4.90 Å². The molecule has 2 heterocycles. The molecule has 0 aromatic carbocycles. The Morgan fingerprint density at radius 1 is 1.40 bits per heavy atom. The van der Waals surface area contributed by atoms with Gasteiger partial charge < -0.3 is 16.0 Å². The Morgan fingerprint density at radius 2 is 2.10 bits per heavy atom. The van der Waals surface area contributed by atoms with E-state index >= 15 is 0 Å².